The van der Waals surface area contributed by atoms with Crippen LogP contribution in [0.25, 0.3) is 0 Å². The van der Waals surface area contributed by atoms with E-state index in [1.807, 2.05) is 6.20 Å². The van der Waals surface area contributed by atoms with Crippen molar-refractivity contribution in [1.29, 1.82) is 0 Å². The summed E-state index contributed by atoms with van der Waals surface area (Å²) < 4.78 is 10.2. The molecular weight excluding hydrogens is 194 g/mol. The van der Waals surface area contributed by atoms with E-state index in [1.165, 1.54) is 5.56 Å². The summed E-state index contributed by atoms with van der Waals surface area (Å²) in [5, 5.41) is 3.26. The van der Waals surface area contributed by atoms with Crippen molar-refractivity contribution in [3.63, 3.8) is 0 Å². The van der Waals surface area contributed by atoms with E-state index in [-0.39, 0.29) is 0 Å². The van der Waals surface area contributed by atoms with E-state index in [4.69, 9.17) is 9.47 Å². The van der Waals surface area contributed by atoms with Crippen molar-refractivity contribution in [1.82, 2.24) is 15.3 Å². The molecule has 0 amide bonds. The summed E-state index contributed by atoms with van der Waals surface area (Å²) in [5.74, 6) is 0. The molecular formula is C10H15N3O2. The van der Waals surface area contributed by atoms with Crippen LogP contribution in [-0.2, 0) is 17.7 Å². The van der Waals surface area contributed by atoms with Crippen molar-refractivity contribution in [2.45, 2.75) is 13.0 Å². The molecule has 15 heavy (non-hydrogen) atoms. The number of nitrogens with one attached hydrogen (secondary N) is 1. The first-order valence-corrected chi connectivity index (χ1v) is 5.07. The number of aromatic nitrogens is 2. The van der Waals surface area contributed by atoms with Crippen LogP contribution in [0.1, 0.15) is 11.3 Å². The fraction of sp³-hybridized carbons (Fsp3) is 0.600. The van der Waals surface area contributed by atoms with Gasteiger partial charge in [0.2, 0.25) is 0 Å². The predicted molar refractivity (Wildman–Crippen MR) is 54.8 cm³/mol. The van der Waals surface area contributed by atoms with Crippen LogP contribution >= 0.6 is 0 Å². The summed E-state index contributed by atoms with van der Waals surface area (Å²) in [5.41, 5.74) is 2.26. The molecule has 1 aliphatic rings. The third-order valence-electron chi connectivity index (χ3n) is 2.31. The molecule has 82 valence electrons. The van der Waals surface area contributed by atoms with E-state index in [1.54, 1.807) is 7.11 Å². The van der Waals surface area contributed by atoms with Gasteiger partial charge in [-0.3, -0.25) is 0 Å². The zero-order chi connectivity index (χ0) is 10.5. The van der Waals surface area contributed by atoms with Gasteiger partial charge in [-0.05, 0) is 18.5 Å². The molecule has 0 saturated heterocycles. The molecule has 1 aliphatic heterocycles. The first-order chi connectivity index (χ1) is 7.40. The van der Waals surface area contributed by atoms with Gasteiger partial charge < -0.3 is 14.8 Å². The zero-order valence-corrected chi connectivity index (χ0v) is 8.82. The number of hydrogen-bond acceptors (Lipinski definition) is 5. The highest BCUT2D eigenvalue weighted by molar-refractivity contribution is 5.21. The Morgan fingerprint density at radius 3 is 3.27 bits per heavy atom. The van der Waals surface area contributed by atoms with Crippen LogP contribution in [0.3, 0.4) is 0 Å². The molecule has 1 aromatic heterocycles. The molecule has 2 rings (SSSR count). The standard InChI is InChI=1S/C10H15N3O2/c1-14-4-5-15-10-12-6-8-2-3-11-7-9(8)13-10/h6,11H,2-5,7H2,1H3. The first kappa shape index (κ1) is 10.3. The van der Waals surface area contributed by atoms with Crippen molar-refractivity contribution in [3.05, 3.63) is 17.5 Å². The second-order valence-electron chi connectivity index (χ2n) is 3.39. The number of nitrogens with zero attached hydrogens (tertiary/aromatic N) is 2. The maximum absolute atomic E-state index is 5.34. The highest BCUT2D eigenvalue weighted by Crippen LogP contribution is 2.12. The molecule has 0 saturated carbocycles. The highest BCUT2D eigenvalue weighted by Gasteiger charge is 2.11. The Labute approximate surface area is 88.8 Å². The smallest absolute Gasteiger partial charge is 0.316 e. The van der Waals surface area contributed by atoms with Crippen LogP contribution in [-0.4, -0.2) is 36.8 Å². The van der Waals surface area contributed by atoms with Crippen LogP contribution in [0.15, 0.2) is 6.20 Å². The fourth-order valence-electron chi connectivity index (χ4n) is 1.50. The van der Waals surface area contributed by atoms with Crippen LogP contribution in [0, 0.1) is 0 Å². The number of fused-ring (bicyclic) bond motifs is 1. The molecule has 0 atom stereocenters. The van der Waals surface area contributed by atoms with Crippen molar-refractivity contribution in [2.75, 3.05) is 26.9 Å². The second kappa shape index (κ2) is 5.04. The molecule has 2 heterocycles. The molecule has 0 spiro atoms. The third kappa shape index (κ3) is 2.64. The van der Waals surface area contributed by atoms with Crippen LogP contribution in [0.4, 0.5) is 0 Å². The Morgan fingerprint density at radius 1 is 1.47 bits per heavy atom. The van der Waals surface area contributed by atoms with Crippen LogP contribution in [0.5, 0.6) is 6.01 Å². The predicted octanol–water partition coefficient (Wildman–Crippen LogP) is 0.148. The van der Waals surface area contributed by atoms with Gasteiger partial charge in [-0.25, -0.2) is 4.98 Å². The minimum Gasteiger partial charge on any atom is -0.461 e. The molecule has 5 heteroatoms. The second-order valence-corrected chi connectivity index (χ2v) is 3.39. The number of hydrogen-bond donors (Lipinski definition) is 1. The minimum atomic E-state index is 0.439. The topological polar surface area (TPSA) is 56.3 Å². The van der Waals surface area contributed by atoms with Crippen molar-refractivity contribution in [2.24, 2.45) is 0 Å². The number of rotatable bonds is 4. The molecule has 0 radical (unpaired) electrons. The number of ether oxygens (including phenoxy) is 2. The third-order valence-corrected chi connectivity index (χ3v) is 2.31. The van der Waals surface area contributed by atoms with Crippen LogP contribution < -0.4 is 10.1 Å². The van der Waals surface area contributed by atoms with Gasteiger partial charge in [0.05, 0.1) is 12.3 Å². The Balaban J connectivity index is 2.00. The summed E-state index contributed by atoms with van der Waals surface area (Å²) in [4.78, 5) is 8.48. The molecule has 1 aromatic rings. The van der Waals surface area contributed by atoms with Gasteiger partial charge in [0.25, 0.3) is 0 Å². The van der Waals surface area contributed by atoms with E-state index in [0.29, 0.717) is 19.2 Å². The molecule has 0 unspecified atom stereocenters. The molecule has 0 bridgehead atoms. The SMILES string of the molecule is COCCOc1ncc2c(n1)CNCC2. The maximum Gasteiger partial charge on any atom is 0.316 e. The van der Waals surface area contributed by atoms with Gasteiger partial charge in [-0.2, -0.15) is 4.98 Å². The summed E-state index contributed by atoms with van der Waals surface area (Å²) >= 11 is 0. The van der Waals surface area contributed by atoms with Crippen molar-refractivity contribution < 1.29 is 9.47 Å². The van der Waals surface area contributed by atoms with Gasteiger partial charge in [0.1, 0.15) is 6.61 Å². The average molecular weight is 209 g/mol. The first-order valence-electron chi connectivity index (χ1n) is 5.07. The Morgan fingerprint density at radius 2 is 2.40 bits per heavy atom. The quantitative estimate of drug-likeness (QED) is 0.715. The normalized spacial score (nSPS) is 14.7. The zero-order valence-electron chi connectivity index (χ0n) is 8.82. The van der Waals surface area contributed by atoms with E-state index in [9.17, 15) is 0 Å². The molecule has 0 fully saturated rings. The molecule has 0 aromatic carbocycles. The lowest BCUT2D eigenvalue weighted by molar-refractivity contribution is 0.140. The van der Waals surface area contributed by atoms with Crippen molar-refractivity contribution in [3.8, 4) is 6.01 Å². The van der Waals surface area contributed by atoms with Crippen molar-refractivity contribution >= 4 is 0 Å². The largest absolute Gasteiger partial charge is 0.461 e. The lowest BCUT2D eigenvalue weighted by Crippen LogP contribution is -2.25. The van der Waals surface area contributed by atoms with E-state index < -0.39 is 0 Å². The molecule has 1 N–H and O–H groups in total. The van der Waals surface area contributed by atoms with Gasteiger partial charge in [0.15, 0.2) is 0 Å². The van der Waals surface area contributed by atoms with Crippen LogP contribution in [0.2, 0.25) is 0 Å². The Kier molecular flexibility index (Phi) is 3.47. The Bertz CT molecular complexity index is 330. The lowest BCUT2D eigenvalue weighted by atomic mass is 10.1. The maximum atomic E-state index is 5.34. The molecule has 5 nitrogen and oxygen atoms in total. The Hall–Kier alpha value is -1.20. The van der Waals surface area contributed by atoms with E-state index >= 15 is 0 Å². The van der Waals surface area contributed by atoms with Gasteiger partial charge >= 0.3 is 6.01 Å². The number of methoxy groups -OCH3 is 1. The van der Waals surface area contributed by atoms with E-state index in [0.717, 1.165) is 25.2 Å². The monoisotopic (exact) mass is 209 g/mol. The summed E-state index contributed by atoms with van der Waals surface area (Å²) in [6.07, 6.45) is 2.85. The van der Waals surface area contributed by atoms with E-state index in [2.05, 4.69) is 15.3 Å². The van der Waals surface area contributed by atoms with Gasteiger partial charge in [0, 0.05) is 19.9 Å². The average Bonchev–Trinajstić information content (AvgIpc) is 2.29. The van der Waals surface area contributed by atoms with Gasteiger partial charge in [-0.1, -0.05) is 0 Å². The highest BCUT2D eigenvalue weighted by atomic mass is 16.5. The fourth-order valence-corrected chi connectivity index (χ4v) is 1.50. The summed E-state index contributed by atoms with van der Waals surface area (Å²) in [6, 6.07) is 0.439. The lowest BCUT2D eigenvalue weighted by Gasteiger charge is -2.15. The summed E-state index contributed by atoms with van der Waals surface area (Å²) in [7, 11) is 1.64. The molecule has 0 aliphatic carbocycles. The minimum absolute atomic E-state index is 0.439. The summed E-state index contributed by atoms with van der Waals surface area (Å²) in [6.45, 7) is 2.85. The van der Waals surface area contributed by atoms with Gasteiger partial charge in [-0.15, -0.1) is 0 Å².